The van der Waals surface area contributed by atoms with E-state index in [4.69, 9.17) is 14.7 Å². The maximum atomic E-state index is 10.9. The van der Waals surface area contributed by atoms with Crippen LogP contribution in [0.5, 0.6) is 11.5 Å². The number of rotatable bonds is 4. The molecule has 1 rings (SSSR count). The van der Waals surface area contributed by atoms with Crippen molar-refractivity contribution in [3.63, 3.8) is 0 Å². The van der Waals surface area contributed by atoms with E-state index in [1.54, 1.807) is 18.2 Å². The lowest BCUT2D eigenvalue weighted by atomic mass is 10.2. The van der Waals surface area contributed by atoms with Gasteiger partial charge >= 0.3 is 5.97 Å². The van der Waals surface area contributed by atoms with Gasteiger partial charge in [0.2, 0.25) is 0 Å². The van der Waals surface area contributed by atoms with Gasteiger partial charge in [-0.1, -0.05) is 6.07 Å². The third-order valence-corrected chi connectivity index (χ3v) is 1.97. The first-order valence-electron chi connectivity index (χ1n) is 4.71. The first-order chi connectivity index (χ1) is 8.21. The number of hydrogen-bond acceptors (Lipinski definition) is 5. The quantitative estimate of drug-likeness (QED) is 0.450. The third kappa shape index (κ3) is 3.54. The normalized spacial score (nSPS) is 9.71. The highest BCUT2D eigenvalue weighted by atomic mass is 16.5. The highest BCUT2D eigenvalue weighted by Crippen LogP contribution is 2.27. The topological polar surface area (TPSA) is 68.5 Å². The van der Waals surface area contributed by atoms with E-state index >= 15 is 0 Å². The molecule has 0 unspecified atom stereocenters. The fraction of sp³-hybridized carbons (Fsp3) is 0.167. The molecule has 0 saturated heterocycles. The molecule has 0 aliphatic carbocycles. The number of carbonyl (C=O) groups is 1. The van der Waals surface area contributed by atoms with Gasteiger partial charge in [0.05, 0.1) is 14.2 Å². The van der Waals surface area contributed by atoms with Crippen LogP contribution >= 0.6 is 0 Å². The predicted molar refractivity (Wildman–Crippen MR) is 60.3 cm³/mol. The molecule has 0 aliphatic rings. The monoisotopic (exact) mass is 233 g/mol. The number of nitrogens with zero attached hydrogens (tertiary/aromatic N) is 1. The Morgan fingerprint density at radius 3 is 2.59 bits per heavy atom. The van der Waals surface area contributed by atoms with Crippen molar-refractivity contribution in [1.29, 1.82) is 5.26 Å². The van der Waals surface area contributed by atoms with Crippen LogP contribution in [0, 0.1) is 11.5 Å². The average molecular weight is 233 g/mol. The molecule has 0 spiro atoms. The van der Waals surface area contributed by atoms with Gasteiger partial charge in [-0.2, -0.15) is 0 Å². The van der Waals surface area contributed by atoms with Crippen molar-refractivity contribution in [2.24, 2.45) is 0 Å². The lowest BCUT2D eigenvalue weighted by Gasteiger charge is -2.07. The van der Waals surface area contributed by atoms with Crippen molar-refractivity contribution in [1.82, 2.24) is 0 Å². The summed E-state index contributed by atoms with van der Waals surface area (Å²) in [6, 6.07) is 5.17. The van der Waals surface area contributed by atoms with Crippen molar-refractivity contribution in [2.45, 2.75) is 0 Å². The van der Waals surface area contributed by atoms with E-state index in [-0.39, 0.29) is 0 Å². The van der Waals surface area contributed by atoms with E-state index in [1.165, 1.54) is 26.6 Å². The molecular weight excluding hydrogens is 222 g/mol. The number of hydrogen-bond donors (Lipinski definition) is 0. The van der Waals surface area contributed by atoms with Gasteiger partial charge in [-0.3, -0.25) is 0 Å². The molecule has 1 aromatic rings. The Morgan fingerprint density at radius 2 is 2.00 bits per heavy atom. The van der Waals surface area contributed by atoms with E-state index in [0.717, 1.165) is 11.6 Å². The highest BCUT2D eigenvalue weighted by molar-refractivity contribution is 5.87. The maximum absolute atomic E-state index is 10.9. The summed E-state index contributed by atoms with van der Waals surface area (Å²) in [5.41, 5.74) is 0.734. The Bertz CT molecular complexity index is 474. The van der Waals surface area contributed by atoms with Crippen LogP contribution in [-0.4, -0.2) is 20.2 Å². The van der Waals surface area contributed by atoms with Crippen LogP contribution in [0.1, 0.15) is 5.56 Å². The van der Waals surface area contributed by atoms with Gasteiger partial charge in [0.15, 0.2) is 11.5 Å². The van der Waals surface area contributed by atoms with E-state index < -0.39 is 5.97 Å². The van der Waals surface area contributed by atoms with E-state index in [1.807, 2.05) is 0 Å². The second-order valence-electron chi connectivity index (χ2n) is 2.96. The third-order valence-electron chi connectivity index (χ3n) is 1.97. The summed E-state index contributed by atoms with van der Waals surface area (Å²) in [6.45, 7) is 0. The fourth-order valence-electron chi connectivity index (χ4n) is 1.20. The lowest BCUT2D eigenvalue weighted by molar-refractivity contribution is -0.131. The number of carbonyl (C=O) groups excluding carboxylic acids is 1. The molecule has 1 aromatic carbocycles. The zero-order chi connectivity index (χ0) is 12.7. The van der Waals surface area contributed by atoms with Crippen molar-refractivity contribution in [3.05, 3.63) is 29.8 Å². The molecule has 17 heavy (non-hydrogen) atoms. The van der Waals surface area contributed by atoms with Gasteiger partial charge in [0, 0.05) is 6.08 Å². The molecule has 88 valence electrons. The summed E-state index contributed by atoms with van der Waals surface area (Å²) in [4.78, 5) is 10.9. The second kappa shape index (κ2) is 6.18. The highest BCUT2D eigenvalue weighted by Gasteiger charge is 2.03. The van der Waals surface area contributed by atoms with Gasteiger partial charge in [-0.05, 0) is 23.8 Å². The molecular formula is C12H11NO4. The van der Waals surface area contributed by atoms with E-state index in [2.05, 4.69) is 4.74 Å². The summed E-state index contributed by atoms with van der Waals surface area (Å²) >= 11 is 0. The van der Waals surface area contributed by atoms with Crippen molar-refractivity contribution in [3.8, 4) is 17.8 Å². The number of methoxy groups -OCH3 is 2. The van der Waals surface area contributed by atoms with Crippen LogP contribution in [0.4, 0.5) is 0 Å². The Kier molecular flexibility index (Phi) is 4.58. The molecule has 0 N–H and O–H groups in total. The first kappa shape index (κ1) is 12.6. The van der Waals surface area contributed by atoms with Crippen LogP contribution in [0.25, 0.3) is 6.08 Å². The van der Waals surface area contributed by atoms with Crippen LogP contribution in [0.2, 0.25) is 0 Å². The fourth-order valence-corrected chi connectivity index (χ4v) is 1.20. The first-order valence-corrected chi connectivity index (χ1v) is 4.71. The van der Waals surface area contributed by atoms with Crippen LogP contribution in [0.15, 0.2) is 24.3 Å². The molecule has 0 saturated carbocycles. The molecule has 0 heterocycles. The molecule has 0 bridgehead atoms. The van der Waals surface area contributed by atoms with Gasteiger partial charge < -0.3 is 14.2 Å². The molecule has 5 heteroatoms. The largest absolute Gasteiger partial charge is 0.493 e. The van der Waals surface area contributed by atoms with Crippen molar-refractivity contribution in [2.75, 3.05) is 14.2 Å². The zero-order valence-corrected chi connectivity index (χ0v) is 9.47. The van der Waals surface area contributed by atoms with Crippen LogP contribution in [-0.2, 0) is 9.53 Å². The number of ether oxygens (including phenoxy) is 3. The van der Waals surface area contributed by atoms with E-state index in [0.29, 0.717) is 11.5 Å². The van der Waals surface area contributed by atoms with Crippen molar-refractivity contribution >= 4 is 12.0 Å². The average Bonchev–Trinajstić information content (AvgIpc) is 2.36. The smallest absolute Gasteiger partial charge is 0.346 e. The molecule has 0 aromatic heterocycles. The Balaban J connectivity index is 2.86. The van der Waals surface area contributed by atoms with Crippen molar-refractivity contribution < 1.29 is 19.0 Å². The molecule has 5 nitrogen and oxygen atoms in total. The Labute approximate surface area is 98.8 Å². The molecule has 0 fully saturated rings. The van der Waals surface area contributed by atoms with Gasteiger partial charge in [0.1, 0.15) is 0 Å². The Morgan fingerprint density at radius 1 is 1.29 bits per heavy atom. The van der Waals surface area contributed by atoms with Gasteiger partial charge in [-0.15, -0.1) is 5.26 Å². The lowest BCUT2D eigenvalue weighted by Crippen LogP contribution is -1.93. The number of esters is 1. The molecule has 0 aliphatic heterocycles. The summed E-state index contributed by atoms with van der Waals surface area (Å²) in [5, 5.41) is 8.12. The minimum Gasteiger partial charge on any atom is -0.493 e. The zero-order valence-electron chi connectivity index (χ0n) is 9.47. The molecule has 0 amide bonds. The second-order valence-corrected chi connectivity index (χ2v) is 2.96. The summed E-state index contributed by atoms with van der Waals surface area (Å²) < 4.78 is 14.3. The minimum atomic E-state index is -0.720. The number of benzene rings is 1. The Hall–Kier alpha value is -2.48. The van der Waals surface area contributed by atoms with Crippen LogP contribution in [0.3, 0.4) is 0 Å². The number of nitriles is 1. The summed E-state index contributed by atoms with van der Waals surface area (Å²) in [5.74, 6) is 0.440. The van der Waals surface area contributed by atoms with Crippen LogP contribution < -0.4 is 9.47 Å². The molecule has 0 radical (unpaired) electrons. The van der Waals surface area contributed by atoms with Gasteiger partial charge in [0.25, 0.3) is 6.26 Å². The summed E-state index contributed by atoms with van der Waals surface area (Å²) in [6.07, 6.45) is 3.97. The molecule has 0 atom stereocenters. The maximum Gasteiger partial charge on any atom is 0.346 e. The van der Waals surface area contributed by atoms with Gasteiger partial charge in [-0.25, -0.2) is 4.79 Å². The predicted octanol–water partition coefficient (Wildman–Crippen LogP) is 1.74. The summed E-state index contributed by atoms with van der Waals surface area (Å²) in [7, 11) is 3.06. The standard InChI is InChI=1S/C12H11NO4/c1-15-10-5-3-9(7-11(10)16-2)4-6-12(14)17-8-13/h3-7H,1-2H3. The van der Waals surface area contributed by atoms with E-state index in [9.17, 15) is 4.79 Å². The minimum absolute atomic E-state index is 0.559. The SMILES string of the molecule is COc1ccc(C=CC(=O)OC#N)cc1OC.